The zero-order chi connectivity index (χ0) is 28.1. The van der Waals surface area contributed by atoms with E-state index in [0.717, 1.165) is 11.6 Å². The van der Waals surface area contributed by atoms with Crippen molar-refractivity contribution in [3.63, 3.8) is 0 Å². The maximum Gasteiger partial charge on any atom is 0.273 e. The van der Waals surface area contributed by atoms with Gasteiger partial charge in [0.15, 0.2) is 9.84 Å². The number of nitrogens with one attached hydrogen (secondary N) is 1. The summed E-state index contributed by atoms with van der Waals surface area (Å²) in [6.45, 7) is 1.70. The third kappa shape index (κ3) is 5.86. The molecular weight excluding hydrogens is 566 g/mol. The maximum atomic E-state index is 13.4. The molecule has 0 bridgehead atoms. The quantitative estimate of drug-likeness (QED) is 0.503. The summed E-state index contributed by atoms with van der Waals surface area (Å²) < 4.78 is 53.0. The molecule has 1 N–H and O–H groups in total. The molecule has 3 aliphatic heterocycles. The number of halogens is 1. The predicted octanol–water partition coefficient (Wildman–Crippen LogP) is 1.02. The smallest absolute Gasteiger partial charge is 0.273 e. The van der Waals surface area contributed by atoms with Gasteiger partial charge in [0.05, 0.1) is 30.2 Å². The zero-order valence-electron chi connectivity index (χ0n) is 21.6. The molecule has 210 valence electrons. The summed E-state index contributed by atoms with van der Waals surface area (Å²) in [7, 11) is -6.02. The number of hydrogen-bond donors (Lipinski definition) is 1. The topological polar surface area (TPSA) is 127 Å². The van der Waals surface area contributed by atoms with E-state index in [1.54, 1.807) is 24.3 Å². The first-order valence-corrected chi connectivity index (χ1v) is 16.4. The molecule has 0 spiro atoms. The number of sulfonamides is 1. The van der Waals surface area contributed by atoms with Crippen molar-refractivity contribution in [2.24, 2.45) is 0 Å². The Kier molecular flexibility index (Phi) is 7.29. The van der Waals surface area contributed by atoms with Gasteiger partial charge in [-0.1, -0.05) is 23.7 Å². The van der Waals surface area contributed by atoms with Crippen molar-refractivity contribution >= 4 is 54.0 Å². The SMILES string of the molecule is CN1C=C2C(=O)N(C3CCN(C(=O)[C@@H](CS(=O)(=O)c4ccc5cc(Cl)ccc5c4)NS(C)(=O)=O)CC3)CN2C1. The van der Waals surface area contributed by atoms with E-state index in [1.807, 2.05) is 27.9 Å². The summed E-state index contributed by atoms with van der Waals surface area (Å²) in [5.74, 6) is -1.36. The Morgan fingerprint density at radius 3 is 2.38 bits per heavy atom. The first-order chi connectivity index (χ1) is 18.3. The van der Waals surface area contributed by atoms with Gasteiger partial charge in [-0.3, -0.25) is 9.59 Å². The lowest BCUT2D eigenvalue weighted by Crippen LogP contribution is -2.55. The summed E-state index contributed by atoms with van der Waals surface area (Å²) in [5, 5.41) is 1.93. The molecule has 2 fully saturated rings. The summed E-state index contributed by atoms with van der Waals surface area (Å²) in [6, 6.07) is 8.05. The van der Waals surface area contributed by atoms with Crippen LogP contribution in [0, 0.1) is 0 Å². The zero-order valence-corrected chi connectivity index (χ0v) is 24.0. The van der Waals surface area contributed by atoms with Crippen LogP contribution in [0.4, 0.5) is 0 Å². The van der Waals surface area contributed by atoms with E-state index in [1.165, 1.54) is 17.0 Å². The van der Waals surface area contributed by atoms with Crippen LogP contribution in [-0.4, -0.2) is 106 Å². The molecule has 0 radical (unpaired) electrons. The Hall–Kier alpha value is -2.87. The molecule has 0 aromatic heterocycles. The predicted molar refractivity (Wildman–Crippen MR) is 147 cm³/mol. The van der Waals surface area contributed by atoms with Gasteiger partial charge in [0.2, 0.25) is 15.9 Å². The molecule has 2 aromatic rings. The molecule has 1 atom stereocenters. The van der Waals surface area contributed by atoms with E-state index in [4.69, 9.17) is 11.6 Å². The van der Waals surface area contributed by atoms with E-state index in [2.05, 4.69) is 4.72 Å². The number of hydrogen-bond acceptors (Lipinski definition) is 8. The second-order valence-electron chi connectivity index (χ2n) is 10.3. The molecule has 0 unspecified atom stereocenters. The molecular formula is C25H30ClN5O6S2. The molecule has 0 aliphatic carbocycles. The fraction of sp³-hybridized carbons (Fsp3) is 0.440. The van der Waals surface area contributed by atoms with Gasteiger partial charge in [-0.15, -0.1) is 0 Å². The van der Waals surface area contributed by atoms with Gasteiger partial charge >= 0.3 is 0 Å². The lowest BCUT2D eigenvalue weighted by atomic mass is 10.0. The highest BCUT2D eigenvalue weighted by Gasteiger charge is 2.42. The fourth-order valence-electron chi connectivity index (χ4n) is 5.40. The Labute approximate surface area is 232 Å². The highest BCUT2D eigenvalue weighted by Crippen LogP contribution is 2.29. The Bertz CT molecular complexity index is 1570. The van der Waals surface area contributed by atoms with Crippen molar-refractivity contribution in [3.8, 4) is 0 Å². The standard InChI is InChI=1S/C25H30ClN5O6S2/c1-28-13-23-25(33)31(16-30(23)15-28)20-7-9-29(10-8-20)24(32)22(27-38(2,34)35)14-39(36,37)21-6-4-17-11-19(26)5-3-18(17)12-21/h3-6,11-13,20,22,27H,7-10,14-16H2,1-2H3/t22-/m1/s1. The highest BCUT2D eigenvalue weighted by molar-refractivity contribution is 7.91. The van der Waals surface area contributed by atoms with E-state index in [-0.39, 0.29) is 29.9 Å². The van der Waals surface area contributed by atoms with Crippen molar-refractivity contribution in [1.29, 1.82) is 0 Å². The molecule has 11 nitrogen and oxygen atoms in total. The Morgan fingerprint density at radius 2 is 1.72 bits per heavy atom. The van der Waals surface area contributed by atoms with E-state index in [0.29, 0.717) is 42.3 Å². The van der Waals surface area contributed by atoms with Crippen LogP contribution in [0.1, 0.15) is 12.8 Å². The number of piperidine rings is 1. The van der Waals surface area contributed by atoms with Crippen LogP contribution in [-0.2, 0) is 29.4 Å². The third-order valence-corrected chi connectivity index (χ3v) is 9.96. The number of rotatable bonds is 7. The average Bonchev–Trinajstić information content (AvgIpc) is 3.38. The van der Waals surface area contributed by atoms with Gasteiger partial charge in [-0.05, 0) is 47.9 Å². The number of benzene rings is 2. The number of fused-ring (bicyclic) bond motifs is 2. The monoisotopic (exact) mass is 595 g/mol. The van der Waals surface area contributed by atoms with Gasteiger partial charge in [-0.2, -0.15) is 0 Å². The molecule has 14 heteroatoms. The second kappa shape index (κ2) is 10.3. The fourth-order valence-corrected chi connectivity index (χ4v) is 7.83. The van der Waals surface area contributed by atoms with Crippen LogP contribution in [0.3, 0.4) is 0 Å². The number of amides is 2. The Balaban J connectivity index is 1.29. The lowest BCUT2D eigenvalue weighted by molar-refractivity contribution is -0.135. The molecule has 0 saturated carbocycles. The van der Waals surface area contributed by atoms with Crippen LogP contribution in [0.2, 0.25) is 5.02 Å². The van der Waals surface area contributed by atoms with E-state index >= 15 is 0 Å². The van der Waals surface area contributed by atoms with Crippen LogP contribution in [0.5, 0.6) is 0 Å². The number of carbonyl (C=O) groups excluding carboxylic acids is 2. The van der Waals surface area contributed by atoms with E-state index < -0.39 is 37.6 Å². The number of nitrogens with zero attached hydrogens (tertiary/aromatic N) is 4. The van der Waals surface area contributed by atoms with Gasteiger partial charge in [0, 0.05) is 37.4 Å². The minimum absolute atomic E-state index is 0.0165. The van der Waals surface area contributed by atoms with Crippen LogP contribution in [0.15, 0.2) is 53.2 Å². The molecule has 5 rings (SSSR count). The van der Waals surface area contributed by atoms with Gasteiger partial charge in [0.1, 0.15) is 11.7 Å². The first kappa shape index (κ1) is 27.7. The van der Waals surface area contributed by atoms with Crippen LogP contribution < -0.4 is 4.72 Å². The van der Waals surface area contributed by atoms with Crippen molar-refractivity contribution in [2.75, 3.05) is 45.5 Å². The number of carbonyl (C=O) groups is 2. The molecule has 2 amide bonds. The summed E-state index contributed by atoms with van der Waals surface area (Å²) >= 11 is 6.02. The van der Waals surface area contributed by atoms with E-state index in [9.17, 15) is 26.4 Å². The first-order valence-electron chi connectivity index (χ1n) is 12.5. The largest absolute Gasteiger partial charge is 0.361 e. The normalized spacial score (nSPS) is 19.6. The lowest BCUT2D eigenvalue weighted by Gasteiger charge is -2.38. The molecule has 3 heterocycles. The molecule has 2 saturated heterocycles. The second-order valence-corrected chi connectivity index (χ2v) is 14.6. The number of likely N-dealkylation sites (tertiary alicyclic amines) is 1. The van der Waals surface area contributed by atoms with Crippen LogP contribution in [0.25, 0.3) is 10.8 Å². The molecule has 2 aromatic carbocycles. The van der Waals surface area contributed by atoms with Gasteiger partial charge in [-0.25, -0.2) is 21.6 Å². The van der Waals surface area contributed by atoms with Crippen LogP contribution >= 0.6 is 11.6 Å². The minimum atomic E-state index is -4.04. The summed E-state index contributed by atoms with van der Waals surface area (Å²) in [5.41, 5.74) is 0.662. The van der Waals surface area contributed by atoms with Gasteiger partial charge in [0.25, 0.3) is 5.91 Å². The minimum Gasteiger partial charge on any atom is -0.361 e. The Morgan fingerprint density at radius 1 is 1.05 bits per heavy atom. The third-order valence-electron chi connectivity index (χ3n) is 7.27. The maximum absolute atomic E-state index is 13.4. The van der Waals surface area contributed by atoms with Crippen molar-refractivity contribution < 1.29 is 26.4 Å². The average molecular weight is 596 g/mol. The highest BCUT2D eigenvalue weighted by atomic mass is 35.5. The number of sulfone groups is 1. The van der Waals surface area contributed by atoms with Gasteiger partial charge < -0.3 is 19.6 Å². The summed E-state index contributed by atoms with van der Waals surface area (Å²) in [6.07, 6.45) is 3.75. The van der Waals surface area contributed by atoms with Crippen molar-refractivity contribution in [2.45, 2.75) is 29.8 Å². The molecule has 39 heavy (non-hydrogen) atoms. The molecule has 3 aliphatic rings. The van der Waals surface area contributed by atoms with Crippen molar-refractivity contribution in [1.82, 2.24) is 24.3 Å². The van der Waals surface area contributed by atoms with Crippen molar-refractivity contribution in [3.05, 3.63) is 53.3 Å². The summed E-state index contributed by atoms with van der Waals surface area (Å²) in [4.78, 5) is 33.5.